The van der Waals surface area contributed by atoms with Gasteiger partial charge in [0.2, 0.25) is 11.8 Å². The molecule has 110 valence electrons. The van der Waals surface area contributed by atoms with Gasteiger partial charge in [0, 0.05) is 30.1 Å². The Morgan fingerprint density at radius 1 is 1.14 bits per heavy atom. The van der Waals surface area contributed by atoms with Gasteiger partial charge in [-0.15, -0.1) is 10.2 Å². The van der Waals surface area contributed by atoms with Gasteiger partial charge in [-0.1, -0.05) is 26.0 Å². The summed E-state index contributed by atoms with van der Waals surface area (Å²) in [5, 5.41) is 12.8. The molecule has 0 bridgehead atoms. The molecule has 0 aliphatic carbocycles. The lowest BCUT2D eigenvalue weighted by Crippen LogP contribution is -2.11. The summed E-state index contributed by atoms with van der Waals surface area (Å²) in [4.78, 5) is 0. The van der Waals surface area contributed by atoms with Gasteiger partial charge in [0.15, 0.2) is 0 Å². The van der Waals surface area contributed by atoms with E-state index in [9.17, 15) is 0 Å². The number of nitrogens with one attached hydrogen (secondary N) is 1. The molecule has 3 rings (SSSR count). The molecule has 0 saturated heterocycles. The molecule has 5 nitrogen and oxygen atoms in total. The van der Waals surface area contributed by atoms with Gasteiger partial charge in [0.05, 0.1) is 0 Å². The largest absolute Gasteiger partial charge is 0.423 e. The first-order chi connectivity index (χ1) is 10.3. The van der Waals surface area contributed by atoms with Crippen LogP contribution < -0.4 is 5.32 Å². The molecule has 5 heteroatoms. The summed E-state index contributed by atoms with van der Waals surface area (Å²) in [7, 11) is 0. The number of benzene rings is 1. The predicted octanol–water partition coefficient (Wildman–Crippen LogP) is 2.74. The second kappa shape index (κ2) is 6.10. The molecule has 0 unspecified atom stereocenters. The van der Waals surface area contributed by atoms with E-state index >= 15 is 0 Å². The monoisotopic (exact) mass is 284 g/mol. The van der Waals surface area contributed by atoms with E-state index in [1.54, 1.807) is 0 Å². The van der Waals surface area contributed by atoms with Gasteiger partial charge in [-0.3, -0.25) is 0 Å². The highest BCUT2D eigenvalue weighted by molar-refractivity contribution is 5.83. The van der Waals surface area contributed by atoms with Crippen molar-refractivity contribution in [1.29, 1.82) is 0 Å². The van der Waals surface area contributed by atoms with Gasteiger partial charge in [0.25, 0.3) is 0 Å². The normalized spacial score (nSPS) is 11.3. The van der Waals surface area contributed by atoms with Crippen molar-refractivity contribution in [2.75, 3.05) is 6.54 Å². The van der Waals surface area contributed by atoms with E-state index in [0.717, 1.165) is 19.5 Å². The fourth-order valence-electron chi connectivity index (χ4n) is 2.48. The van der Waals surface area contributed by atoms with Crippen LogP contribution in [0.3, 0.4) is 0 Å². The molecule has 2 heterocycles. The smallest absolute Gasteiger partial charge is 0.236 e. The molecule has 0 aliphatic rings. The Morgan fingerprint density at radius 2 is 2.00 bits per heavy atom. The maximum atomic E-state index is 5.59. The maximum absolute atomic E-state index is 5.59. The number of hydrogen-bond acceptors (Lipinski definition) is 4. The summed E-state index contributed by atoms with van der Waals surface area (Å²) in [5.41, 5.74) is 2.51. The number of aryl methyl sites for hydroxylation is 1. The third kappa shape index (κ3) is 2.83. The standard InChI is InChI=1S/C16H20N4O/c1-3-15-18-19-16(21-15)11-20-9-8-13-12(10-17-4-2)6-5-7-14(13)20/h5-9,17H,3-4,10-11H2,1-2H3. The zero-order chi connectivity index (χ0) is 14.7. The molecule has 0 atom stereocenters. The van der Waals surface area contributed by atoms with Gasteiger partial charge in [-0.05, 0) is 24.2 Å². The lowest BCUT2D eigenvalue weighted by atomic mass is 10.1. The van der Waals surface area contributed by atoms with E-state index in [2.05, 4.69) is 57.5 Å². The van der Waals surface area contributed by atoms with Gasteiger partial charge in [0.1, 0.15) is 6.54 Å². The topological polar surface area (TPSA) is 55.9 Å². The van der Waals surface area contributed by atoms with Crippen LogP contribution in [0.1, 0.15) is 31.2 Å². The van der Waals surface area contributed by atoms with Crippen LogP contribution in [0.5, 0.6) is 0 Å². The van der Waals surface area contributed by atoms with Gasteiger partial charge >= 0.3 is 0 Å². The van der Waals surface area contributed by atoms with Crippen LogP contribution in [0.15, 0.2) is 34.9 Å². The summed E-state index contributed by atoms with van der Waals surface area (Å²) >= 11 is 0. The number of fused-ring (bicyclic) bond motifs is 1. The van der Waals surface area contributed by atoms with E-state index in [1.807, 2.05) is 6.92 Å². The molecule has 0 amide bonds. The minimum absolute atomic E-state index is 0.612. The Labute approximate surface area is 124 Å². The van der Waals surface area contributed by atoms with Gasteiger partial charge in [-0.25, -0.2) is 0 Å². The van der Waals surface area contributed by atoms with Crippen molar-refractivity contribution >= 4 is 10.9 Å². The third-order valence-electron chi connectivity index (χ3n) is 3.59. The number of aromatic nitrogens is 3. The second-order valence-electron chi connectivity index (χ2n) is 5.02. The number of rotatable bonds is 6. The minimum atomic E-state index is 0.612. The second-order valence-corrected chi connectivity index (χ2v) is 5.02. The first-order valence-electron chi connectivity index (χ1n) is 7.40. The zero-order valence-corrected chi connectivity index (χ0v) is 12.5. The Bertz CT molecular complexity index is 729. The van der Waals surface area contributed by atoms with Gasteiger partial charge in [-0.2, -0.15) is 0 Å². The molecule has 0 spiro atoms. The summed E-state index contributed by atoms with van der Waals surface area (Å²) in [6.45, 7) is 6.60. The van der Waals surface area contributed by atoms with E-state index in [1.165, 1.54) is 16.5 Å². The maximum Gasteiger partial charge on any atom is 0.236 e. The SMILES string of the molecule is CCNCc1cccc2c1ccn2Cc1nnc(CC)o1. The molecule has 21 heavy (non-hydrogen) atoms. The molecular formula is C16H20N4O. The molecule has 2 aromatic heterocycles. The van der Waals surface area contributed by atoms with Crippen molar-refractivity contribution in [3.63, 3.8) is 0 Å². The van der Waals surface area contributed by atoms with Crippen LogP contribution >= 0.6 is 0 Å². The van der Waals surface area contributed by atoms with E-state index < -0.39 is 0 Å². The molecular weight excluding hydrogens is 264 g/mol. The first-order valence-corrected chi connectivity index (χ1v) is 7.40. The Kier molecular flexibility index (Phi) is 4.01. The van der Waals surface area contributed by atoms with Crippen LogP contribution in [-0.4, -0.2) is 21.3 Å². The lowest BCUT2D eigenvalue weighted by molar-refractivity contribution is 0.444. The van der Waals surface area contributed by atoms with Crippen LogP contribution in [-0.2, 0) is 19.5 Å². The average Bonchev–Trinajstić information content (AvgIpc) is 3.13. The molecule has 1 N–H and O–H groups in total. The number of hydrogen-bond donors (Lipinski definition) is 1. The van der Waals surface area contributed by atoms with E-state index in [-0.39, 0.29) is 0 Å². The highest BCUT2D eigenvalue weighted by Crippen LogP contribution is 2.21. The van der Waals surface area contributed by atoms with Crippen LogP contribution in [0.2, 0.25) is 0 Å². The van der Waals surface area contributed by atoms with Crippen molar-refractivity contribution in [3.8, 4) is 0 Å². The summed E-state index contributed by atoms with van der Waals surface area (Å²) in [6.07, 6.45) is 2.85. The average molecular weight is 284 g/mol. The van der Waals surface area contributed by atoms with Gasteiger partial charge < -0.3 is 14.3 Å². The summed E-state index contributed by atoms with van der Waals surface area (Å²) in [6, 6.07) is 8.54. The van der Waals surface area contributed by atoms with E-state index in [4.69, 9.17) is 4.42 Å². The van der Waals surface area contributed by atoms with Crippen LogP contribution in [0.25, 0.3) is 10.9 Å². The quantitative estimate of drug-likeness (QED) is 0.756. The van der Waals surface area contributed by atoms with Crippen molar-refractivity contribution in [3.05, 3.63) is 47.8 Å². The zero-order valence-electron chi connectivity index (χ0n) is 12.5. The van der Waals surface area contributed by atoms with E-state index in [0.29, 0.717) is 18.3 Å². The highest BCUT2D eigenvalue weighted by atomic mass is 16.4. The fourth-order valence-corrected chi connectivity index (χ4v) is 2.48. The number of nitrogens with zero attached hydrogens (tertiary/aromatic N) is 3. The molecule has 3 aromatic rings. The minimum Gasteiger partial charge on any atom is -0.423 e. The Morgan fingerprint density at radius 3 is 2.76 bits per heavy atom. The van der Waals surface area contributed by atoms with Crippen LogP contribution in [0.4, 0.5) is 0 Å². The molecule has 0 fully saturated rings. The lowest BCUT2D eigenvalue weighted by Gasteiger charge is -2.06. The van der Waals surface area contributed by atoms with Crippen LogP contribution in [0, 0.1) is 0 Å². The van der Waals surface area contributed by atoms with Crippen molar-refractivity contribution in [2.45, 2.75) is 33.4 Å². The summed E-state index contributed by atoms with van der Waals surface area (Å²) in [5.74, 6) is 1.34. The Hall–Kier alpha value is -2.14. The molecule has 0 saturated carbocycles. The van der Waals surface area contributed by atoms with Crippen molar-refractivity contribution < 1.29 is 4.42 Å². The van der Waals surface area contributed by atoms with Crippen molar-refractivity contribution in [2.24, 2.45) is 0 Å². The highest BCUT2D eigenvalue weighted by Gasteiger charge is 2.09. The Balaban J connectivity index is 1.89. The predicted molar refractivity (Wildman–Crippen MR) is 82.1 cm³/mol. The molecule has 1 aromatic carbocycles. The third-order valence-corrected chi connectivity index (χ3v) is 3.59. The fraction of sp³-hybridized carbons (Fsp3) is 0.375. The first kappa shape index (κ1) is 13.8. The molecule has 0 aliphatic heterocycles. The summed E-state index contributed by atoms with van der Waals surface area (Å²) < 4.78 is 7.75. The molecule has 0 radical (unpaired) electrons. The van der Waals surface area contributed by atoms with Crippen molar-refractivity contribution in [1.82, 2.24) is 20.1 Å².